The number of fused-ring (bicyclic) bond motifs is 1. The summed E-state index contributed by atoms with van der Waals surface area (Å²) >= 11 is 0. The van der Waals surface area contributed by atoms with Crippen LogP contribution in [0.25, 0.3) is 6.08 Å². The predicted octanol–water partition coefficient (Wildman–Crippen LogP) is 1.04. The fraction of sp³-hybridized carbons (Fsp3) is 0.467. The van der Waals surface area contributed by atoms with Crippen LogP contribution >= 0.6 is 9.24 Å². The van der Waals surface area contributed by atoms with Crippen LogP contribution < -0.4 is 10.8 Å². The molecular weight excluding hydrogens is 266 g/mol. The van der Waals surface area contributed by atoms with E-state index < -0.39 is 0 Å². The molecule has 0 spiro atoms. The largest absolute Gasteiger partial charge is 0.349 e. The van der Waals surface area contributed by atoms with Crippen LogP contribution in [0.1, 0.15) is 41.7 Å². The standard InChI is InChI=1S/C15H18BN2OP/c19-15(18-10-4-11(20)5-10)9-3-13-14(17-7-9)6-12(16-13)8-1-2-8/h3,6-8,10-11,16H,1-2,4-5,20H2,(H,18,19). The van der Waals surface area contributed by atoms with Crippen molar-refractivity contribution >= 4 is 34.0 Å². The van der Waals surface area contributed by atoms with Crippen LogP contribution in [0, 0.1) is 5.92 Å². The van der Waals surface area contributed by atoms with E-state index in [1.54, 1.807) is 6.20 Å². The van der Waals surface area contributed by atoms with Crippen LogP contribution in [-0.4, -0.2) is 29.9 Å². The molecule has 0 radical (unpaired) electrons. The third kappa shape index (κ3) is 2.31. The lowest BCUT2D eigenvalue weighted by atomic mass is 9.65. The van der Waals surface area contributed by atoms with Crippen molar-refractivity contribution in [1.82, 2.24) is 10.3 Å². The van der Waals surface area contributed by atoms with Crippen molar-refractivity contribution in [3.8, 4) is 0 Å². The number of pyridine rings is 1. The molecule has 3 nitrogen and oxygen atoms in total. The van der Waals surface area contributed by atoms with Gasteiger partial charge in [-0.05, 0) is 43.3 Å². The molecule has 0 aromatic carbocycles. The van der Waals surface area contributed by atoms with Gasteiger partial charge in [0.2, 0.25) is 0 Å². The Morgan fingerprint density at radius 2 is 2.20 bits per heavy atom. The van der Waals surface area contributed by atoms with Gasteiger partial charge in [0.05, 0.1) is 11.3 Å². The Morgan fingerprint density at radius 1 is 1.40 bits per heavy atom. The van der Waals surface area contributed by atoms with Gasteiger partial charge in [0.25, 0.3) is 5.91 Å². The van der Waals surface area contributed by atoms with Crippen molar-refractivity contribution in [1.29, 1.82) is 0 Å². The minimum absolute atomic E-state index is 0.0297. The third-order valence-corrected chi connectivity index (χ3v) is 5.14. The van der Waals surface area contributed by atoms with Gasteiger partial charge in [0.15, 0.2) is 7.28 Å². The molecule has 1 amide bonds. The first-order valence-electron chi connectivity index (χ1n) is 7.45. The summed E-state index contributed by atoms with van der Waals surface area (Å²) < 4.78 is 0. The molecule has 102 valence electrons. The van der Waals surface area contributed by atoms with Crippen molar-refractivity contribution in [2.24, 2.45) is 5.92 Å². The molecule has 2 fully saturated rings. The molecule has 1 aromatic rings. The van der Waals surface area contributed by atoms with Crippen LogP contribution in [0.15, 0.2) is 17.7 Å². The highest BCUT2D eigenvalue weighted by Gasteiger charge is 2.31. The van der Waals surface area contributed by atoms with Crippen molar-refractivity contribution in [2.45, 2.75) is 37.4 Å². The number of amides is 1. The highest BCUT2D eigenvalue weighted by Crippen LogP contribution is 2.38. The number of hydrogen-bond acceptors (Lipinski definition) is 2. The molecule has 1 N–H and O–H groups in total. The average molecular weight is 284 g/mol. The fourth-order valence-corrected chi connectivity index (χ4v) is 3.79. The second-order valence-electron chi connectivity index (χ2n) is 6.34. The van der Waals surface area contributed by atoms with E-state index in [2.05, 4.69) is 25.6 Å². The maximum absolute atomic E-state index is 12.2. The van der Waals surface area contributed by atoms with Crippen molar-refractivity contribution < 1.29 is 4.79 Å². The lowest BCUT2D eigenvalue weighted by Gasteiger charge is -2.33. The highest BCUT2D eigenvalue weighted by atomic mass is 31.0. The number of carbonyl (C=O) groups excluding carboxylic acids is 1. The Morgan fingerprint density at radius 3 is 2.90 bits per heavy atom. The molecule has 4 rings (SSSR count). The number of hydrogen-bond donors (Lipinski definition) is 1. The number of rotatable bonds is 3. The van der Waals surface area contributed by atoms with Crippen LogP contribution in [-0.2, 0) is 0 Å². The minimum atomic E-state index is 0.0297. The fourth-order valence-electron chi connectivity index (χ4n) is 3.13. The smallest absolute Gasteiger partial charge is 0.253 e. The van der Waals surface area contributed by atoms with E-state index >= 15 is 0 Å². The Balaban J connectivity index is 1.46. The van der Waals surface area contributed by atoms with Gasteiger partial charge in [-0.1, -0.05) is 17.0 Å². The number of carbonyl (C=O) groups is 1. The van der Waals surface area contributed by atoms with Crippen LogP contribution in [0.3, 0.4) is 0 Å². The summed E-state index contributed by atoms with van der Waals surface area (Å²) in [6, 6.07) is 2.37. The molecule has 20 heavy (non-hydrogen) atoms. The van der Waals surface area contributed by atoms with E-state index in [0.29, 0.717) is 17.3 Å². The minimum Gasteiger partial charge on any atom is -0.349 e. The quantitative estimate of drug-likeness (QED) is 0.665. The first-order valence-corrected chi connectivity index (χ1v) is 8.11. The summed E-state index contributed by atoms with van der Waals surface area (Å²) in [5, 5.41) is 3.09. The molecule has 1 atom stereocenters. The molecule has 1 aliphatic heterocycles. The average Bonchev–Trinajstić information content (AvgIpc) is 3.16. The molecular formula is C15H18BN2OP. The van der Waals surface area contributed by atoms with E-state index in [1.165, 1.54) is 23.8 Å². The van der Waals surface area contributed by atoms with Gasteiger partial charge in [0.1, 0.15) is 0 Å². The van der Waals surface area contributed by atoms with Gasteiger partial charge in [-0.25, -0.2) is 0 Å². The molecule has 2 heterocycles. The summed E-state index contributed by atoms with van der Waals surface area (Å²) in [7, 11) is 3.80. The predicted molar refractivity (Wildman–Crippen MR) is 85.7 cm³/mol. The molecule has 0 saturated heterocycles. The first kappa shape index (κ1) is 12.6. The lowest BCUT2D eigenvalue weighted by molar-refractivity contribution is 0.0918. The van der Waals surface area contributed by atoms with E-state index in [0.717, 1.165) is 31.7 Å². The van der Waals surface area contributed by atoms with Crippen molar-refractivity contribution in [2.75, 3.05) is 0 Å². The van der Waals surface area contributed by atoms with Gasteiger partial charge >= 0.3 is 0 Å². The van der Waals surface area contributed by atoms with E-state index in [9.17, 15) is 4.79 Å². The van der Waals surface area contributed by atoms with Crippen molar-refractivity contribution in [3.63, 3.8) is 0 Å². The molecule has 5 heteroatoms. The lowest BCUT2D eigenvalue weighted by Crippen LogP contribution is -2.44. The van der Waals surface area contributed by atoms with Crippen LogP contribution in [0.4, 0.5) is 0 Å². The van der Waals surface area contributed by atoms with Crippen molar-refractivity contribution in [3.05, 3.63) is 29.0 Å². The molecule has 3 aliphatic rings. The Hall–Kier alpha value is -1.15. The number of nitrogens with one attached hydrogen (secondary N) is 1. The highest BCUT2D eigenvalue weighted by molar-refractivity contribution is 7.17. The molecule has 2 aliphatic carbocycles. The van der Waals surface area contributed by atoms with Gasteiger partial charge in [-0.3, -0.25) is 9.78 Å². The summed E-state index contributed by atoms with van der Waals surface area (Å²) in [5.74, 6) is 0.817. The molecule has 1 aromatic heterocycles. The zero-order valence-electron chi connectivity index (χ0n) is 11.4. The second-order valence-corrected chi connectivity index (χ2v) is 7.28. The number of nitrogens with zero attached hydrogens (tertiary/aromatic N) is 1. The van der Waals surface area contributed by atoms with E-state index in [-0.39, 0.29) is 5.91 Å². The first-order chi connectivity index (χ1) is 9.69. The SMILES string of the molecule is O=C(NC1CC(P)C1)c1cnc2c(c1)BC(C1CC1)=C2. The second kappa shape index (κ2) is 4.70. The Bertz CT molecular complexity index is 606. The summed E-state index contributed by atoms with van der Waals surface area (Å²) in [5.41, 5.74) is 5.18. The topological polar surface area (TPSA) is 42.0 Å². The maximum atomic E-state index is 12.2. The summed E-state index contributed by atoms with van der Waals surface area (Å²) in [4.78, 5) is 16.7. The zero-order chi connectivity index (χ0) is 13.7. The Labute approximate surface area is 122 Å². The Kier molecular flexibility index (Phi) is 2.96. The monoisotopic (exact) mass is 284 g/mol. The normalized spacial score (nSPS) is 27.1. The number of allylic oxidation sites excluding steroid dienone is 1. The van der Waals surface area contributed by atoms with Gasteiger partial charge in [-0.2, -0.15) is 0 Å². The van der Waals surface area contributed by atoms with Crippen LogP contribution in [0.5, 0.6) is 0 Å². The molecule has 1 unspecified atom stereocenters. The van der Waals surface area contributed by atoms with Gasteiger partial charge in [0, 0.05) is 12.2 Å². The maximum Gasteiger partial charge on any atom is 0.253 e. The molecule has 2 saturated carbocycles. The van der Waals surface area contributed by atoms with E-state index in [4.69, 9.17) is 0 Å². The third-order valence-electron chi connectivity index (χ3n) is 4.59. The van der Waals surface area contributed by atoms with Crippen LogP contribution in [0.2, 0.25) is 0 Å². The zero-order valence-corrected chi connectivity index (χ0v) is 12.6. The molecule has 0 bridgehead atoms. The van der Waals surface area contributed by atoms with E-state index in [1.807, 2.05) is 6.07 Å². The summed E-state index contributed by atoms with van der Waals surface area (Å²) in [6.07, 6.45) is 8.73. The van der Waals surface area contributed by atoms with Gasteiger partial charge in [-0.15, -0.1) is 9.24 Å². The van der Waals surface area contributed by atoms with Gasteiger partial charge < -0.3 is 5.32 Å². The number of aromatic nitrogens is 1. The summed E-state index contributed by atoms with van der Waals surface area (Å²) in [6.45, 7) is 0.